The molecule has 0 aliphatic carbocycles. The first kappa shape index (κ1) is 28.6. The number of likely N-dealkylation sites (N-methyl/N-ethyl adjacent to an activating group) is 1. The molecule has 4 heterocycles. The number of alkyl halides is 3. The number of ether oxygens (including phenoxy) is 1. The number of aliphatic hydroxyl groups excluding tert-OH is 2. The second-order valence-electron chi connectivity index (χ2n) is 10.2. The van der Waals surface area contributed by atoms with Crippen LogP contribution in [0.1, 0.15) is 45.6 Å². The van der Waals surface area contributed by atoms with E-state index in [9.17, 15) is 33.0 Å². The van der Waals surface area contributed by atoms with Crippen molar-refractivity contribution in [1.82, 2.24) is 24.7 Å². The quantitative estimate of drug-likeness (QED) is 0.502. The smallest absolute Gasteiger partial charge is 0.371 e. The third-order valence-electron chi connectivity index (χ3n) is 7.18. The summed E-state index contributed by atoms with van der Waals surface area (Å²) in [5.74, 6) is 0.156. The van der Waals surface area contributed by atoms with Crippen molar-refractivity contribution in [3.05, 3.63) is 23.6 Å². The molecule has 0 radical (unpaired) electrons. The van der Waals surface area contributed by atoms with Gasteiger partial charge in [-0.1, -0.05) is 19.0 Å². The number of rotatable bonds is 8. The van der Waals surface area contributed by atoms with Gasteiger partial charge in [0.05, 0.1) is 6.04 Å². The van der Waals surface area contributed by atoms with E-state index in [1.165, 1.54) is 22.9 Å². The zero-order valence-electron chi connectivity index (χ0n) is 22.4. The molecule has 2 aromatic heterocycles. The molecular weight excluding hydrogens is 527 g/mol. The van der Waals surface area contributed by atoms with Crippen molar-refractivity contribution in [2.24, 2.45) is 7.05 Å². The Bertz CT molecular complexity index is 1230. The first-order valence-electron chi connectivity index (χ1n) is 12.3. The van der Waals surface area contributed by atoms with Gasteiger partial charge in [-0.3, -0.25) is 9.58 Å². The molecule has 13 nitrogen and oxygen atoms in total. The van der Waals surface area contributed by atoms with E-state index >= 15 is 0 Å². The van der Waals surface area contributed by atoms with Crippen LogP contribution in [0.5, 0.6) is 0 Å². The summed E-state index contributed by atoms with van der Waals surface area (Å²) in [6.45, 7) is 7.38. The van der Waals surface area contributed by atoms with E-state index in [-0.39, 0.29) is 24.8 Å². The van der Waals surface area contributed by atoms with E-state index in [0.29, 0.717) is 16.9 Å². The molecule has 2 unspecified atom stereocenters. The van der Waals surface area contributed by atoms with Crippen LogP contribution in [-0.2, 0) is 23.4 Å². The highest BCUT2D eigenvalue weighted by atomic mass is 19.4. The molecule has 0 saturated carbocycles. The Labute approximate surface area is 222 Å². The minimum absolute atomic E-state index is 0.0902. The van der Waals surface area contributed by atoms with Crippen molar-refractivity contribution < 1.29 is 42.2 Å². The maximum atomic E-state index is 13.2. The molecule has 4 rings (SSSR count). The van der Waals surface area contributed by atoms with Crippen LogP contribution in [0.25, 0.3) is 0 Å². The van der Waals surface area contributed by atoms with Gasteiger partial charge in [0.25, 0.3) is 0 Å². The number of hydrogen-bond acceptors (Lipinski definition) is 8. The fourth-order valence-electron chi connectivity index (χ4n) is 4.71. The molecule has 2 aromatic rings. The molecule has 4 atom stereocenters. The lowest BCUT2D eigenvalue weighted by Gasteiger charge is -2.27. The number of aromatic nitrogens is 3. The van der Waals surface area contributed by atoms with Crippen LogP contribution in [0, 0.1) is 0 Å². The number of urea groups is 2. The molecular formula is C23H32F3N7O6. The lowest BCUT2D eigenvalue weighted by atomic mass is 9.86. The summed E-state index contributed by atoms with van der Waals surface area (Å²) in [4.78, 5) is 30.3. The van der Waals surface area contributed by atoms with Gasteiger partial charge in [0.2, 0.25) is 0 Å². The number of amides is 4. The number of nitrogens with zero attached hydrogens (tertiary/aromatic N) is 7. The van der Waals surface area contributed by atoms with Crippen molar-refractivity contribution in [3.63, 3.8) is 0 Å². The van der Waals surface area contributed by atoms with E-state index < -0.39 is 54.1 Å². The highest BCUT2D eigenvalue weighted by molar-refractivity contribution is 5.94. The average molecular weight is 560 g/mol. The van der Waals surface area contributed by atoms with Gasteiger partial charge in [-0.25, -0.2) is 19.4 Å². The first-order valence-corrected chi connectivity index (χ1v) is 12.3. The summed E-state index contributed by atoms with van der Waals surface area (Å²) in [5.41, 5.74) is -1.77. The maximum absolute atomic E-state index is 13.2. The lowest BCUT2D eigenvalue weighted by Crippen LogP contribution is -2.38. The summed E-state index contributed by atoms with van der Waals surface area (Å²) >= 11 is 0. The van der Waals surface area contributed by atoms with Gasteiger partial charge >= 0.3 is 18.2 Å². The number of anilines is 2. The second kappa shape index (κ2) is 9.98. The van der Waals surface area contributed by atoms with Gasteiger partial charge in [-0.05, 0) is 20.3 Å². The van der Waals surface area contributed by atoms with Crippen LogP contribution in [-0.4, -0.2) is 91.9 Å². The highest BCUT2D eigenvalue weighted by Crippen LogP contribution is 2.36. The fourth-order valence-corrected chi connectivity index (χ4v) is 4.71. The van der Waals surface area contributed by atoms with E-state index in [1.54, 1.807) is 13.8 Å². The molecule has 2 aliphatic rings. The Balaban J connectivity index is 1.48. The van der Waals surface area contributed by atoms with E-state index in [2.05, 4.69) is 10.3 Å². The zero-order chi connectivity index (χ0) is 29.0. The molecule has 16 heteroatoms. The number of aryl methyl sites for hydroxylation is 1. The van der Waals surface area contributed by atoms with Crippen molar-refractivity contribution in [1.29, 1.82) is 0 Å². The van der Waals surface area contributed by atoms with Crippen LogP contribution in [0.3, 0.4) is 0 Å². The van der Waals surface area contributed by atoms with E-state index in [0.717, 1.165) is 22.9 Å². The van der Waals surface area contributed by atoms with Crippen LogP contribution in [0.2, 0.25) is 0 Å². The first-order chi connectivity index (χ1) is 18.1. The molecule has 2 fully saturated rings. The molecule has 4 amide bonds. The highest BCUT2D eigenvalue weighted by Gasteiger charge is 2.48. The van der Waals surface area contributed by atoms with E-state index in [4.69, 9.17) is 9.26 Å². The summed E-state index contributed by atoms with van der Waals surface area (Å²) in [6.07, 6.45) is -7.95. The Morgan fingerprint density at radius 2 is 1.69 bits per heavy atom. The third kappa shape index (κ3) is 4.91. The van der Waals surface area contributed by atoms with Gasteiger partial charge < -0.3 is 24.4 Å². The standard InChI is InChI=1S/C23H32F3N7O6/c1-7-38-19-18(35)33(20(36)29(19)5)16-11-14(39-28-16)22(3,4)8-9-31-12(2)17(34)32(21(31)37)15-10-13(23(24,25)26)30(6)27-15/h10-12,17-19,34-35H,7-9H2,1-6H3/t12-,17?,18?,19+/m0/s1. The van der Waals surface area contributed by atoms with Crippen LogP contribution < -0.4 is 9.80 Å². The topological polar surface area (TPSA) is 141 Å². The fraction of sp³-hybridized carbons (Fsp3) is 0.652. The molecule has 2 N–H and O–H groups in total. The van der Waals surface area contributed by atoms with Crippen molar-refractivity contribution in [2.75, 3.05) is 30.0 Å². The minimum atomic E-state index is -4.67. The molecule has 2 aliphatic heterocycles. The Morgan fingerprint density at radius 3 is 2.28 bits per heavy atom. The summed E-state index contributed by atoms with van der Waals surface area (Å²) in [6, 6.07) is 0.294. The number of aliphatic hydroxyl groups is 2. The van der Waals surface area contributed by atoms with Gasteiger partial charge in [0, 0.05) is 44.8 Å². The minimum Gasteiger partial charge on any atom is -0.371 e. The summed E-state index contributed by atoms with van der Waals surface area (Å²) in [5, 5.41) is 29.0. The Hall–Kier alpha value is -3.37. The molecule has 0 bridgehead atoms. The van der Waals surface area contributed by atoms with Crippen molar-refractivity contribution >= 4 is 23.7 Å². The number of carbonyl (C=O) groups is 2. The number of carbonyl (C=O) groups excluding carboxylic acids is 2. The summed E-state index contributed by atoms with van der Waals surface area (Å²) in [7, 11) is 2.61. The van der Waals surface area contributed by atoms with Crippen LogP contribution in [0.15, 0.2) is 16.7 Å². The molecule has 0 spiro atoms. The molecule has 39 heavy (non-hydrogen) atoms. The summed E-state index contributed by atoms with van der Waals surface area (Å²) < 4.78 is 51.3. The van der Waals surface area contributed by atoms with Crippen molar-refractivity contribution in [2.45, 2.75) is 70.4 Å². The largest absolute Gasteiger partial charge is 0.433 e. The van der Waals surface area contributed by atoms with Gasteiger partial charge in [-0.2, -0.15) is 18.3 Å². The normalized spacial score (nSPS) is 24.6. The molecule has 2 saturated heterocycles. The van der Waals surface area contributed by atoms with E-state index in [1.807, 2.05) is 13.8 Å². The Kier molecular flexibility index (Phi) is 7.33. The predicted octanol–water partition coefficient (Wildman–Crippen LogP) is 2.30. The third-order valence-corrected chi connectivity index (χ3v) is 7.18. The average Bonchev–Trinajstić information content (AvgIpc) is 3.57. The van der Waals surface area contributed by atoms with Crippen LogP contribution >= 0.6 is 0 Å². The SMILES string of the molecule is CCO[C@@H]1C(O)N(c2cc(C(C)(C)CCN3C(=O)N(c4cc(C(F)(F)F)n(C)n4)C(O)[C@@H]3C)on2)C(=O)N1C. The predicted molar refractivity (Wildman–Crippen MR) is 129 cm³/mol. The lowest BCUT2D eigenvalue weighted by molar-refractivity contribution is -0.143. The zero-order valence-corrected chi connectivity index (χ0v) is 22.4. The number of halogens is 3. The van der Waals surface area contributed by atoms with Gasteiger partial charge in [0.15, 0.2) is 30.3 Å². The second-order valence-corrected chi connectivity index (χ2v) is 10.2. The molecule has 216 valence electrons. The van der Waals surface area contributed by atoms with Crippen molar-refractivity contribution in [3.8, 4) is 0 Å². The number of hydrogen-bond donors (Lipinski definition) is 2. The Morgan fingerprint density at radius 1 is 1.05 bits per heavy atom. The van der Waals surface area contributed by atoms with Gasteiger partial charge in [0.1, 0.15) is 11.5 Å². The maximum Gasteiger partial charge on any atom is 0.433 e. The van der Waals surface area contributed by atoms with Crippen LogP contribution in [0.4, 0.5) is 34.4 Å². The van der Waals surface area contributed by atoms with Gasteiger partial charge in [-0.15, -0.1) is 0 Å². The monoisotopic (exact) mass is 559 g/mol. The molecule has 0 aromatic carbocycles.